The molecule has 0 bridgehead atoms. The van der Waals surface area contributed by atoms with E-state index in [0.29, 0.717) is 6.61 Å². The van der Waals surface area contributed by atoms with Crippen molar-refractivity contribution in [1.29, 1.82) is 0 Å². The molecule has 0 saturated carbocycles. The summed E-state index contributed by atoms with van der Waals surface area (Å²) < 4.78 is 11.3. The first-order valence-corrected chi connectivity index (χ1v) is 6.46. The summed E-state index contributed by atoms with van der Waals surface area (Å²) in [5.74, 6) is 0.952. The Morgan fingerprint density at radius 3 is 3.12 bits per heavy atom. The summed E-state index contributed by atoms with van der Waals surface area (Å²) in [6.07, 6.45) is 4.70. The molecule has 1 fully saturated rings. The van der Waals surface area contributed by atoms with Gasteiger partial charge < -0.3 is 15.2 Å². The highest BCUT2D eigenvalue weighted by Crippen LogP contribution is 2.32. The van der Waals surface area contributed by atoms with Crippen LogP contribution in [-0.4, -0.2) is 19.3 Å². The van der Waals surface area contributed by atoms with Crippen molar-refractivity contribution in [1.82, 2.24) is 0 Å². The normalized spacial score (nSPS) is 27.1. The zero-order chi connectivity index (χ0) is 11.7. The van der Waals surface area contributed by atoms with E-state index in [1.807, 2.05) is 6.07 Å². The van der Waals surface area contributed by atoms with Crippen LogP contribution in [0.2, 0.25) is 0 Å². The third-order valence-corrected chi connectivity index (χ3v) is 3.70. The molecule has 1 aromatic rings. The van der Waals surface area contributed by atoms with Crippen LogP contribution in [-0.2, 0) is 11.2 Å². The monoisotopic (exact) mass is 233 g/mol. The fourth-order valence-electron chi connectivity index (χ4n) is 2.68. The number of hydrogen-bond acceptors (Lipinski definition) is 3. The van der Waals surface area contributed by atoms with Crippen LogP contribution in [0.15, 0.2) is 18.2 Å². The van der Waals surface area contributed by atoms with E-state index >= 15 is 0 Å². The van der Waals surface area contributed by atoms with E-state index in [2.05, 4.69) is 12.1 Å². The SMILES string of the molecule is N[C@H]1CCc2cc(OCC3CCCO3)ccc21. The number of nitrogens with two attached hydrogens (primary N) is 1. The molecule has 1 aliphatic heterocycles. The minimum atomic E-state index is 0.220. The predicted octanol–water partition coefficient (Wildman–Crippen LogP) is 2.19. The van der Waals surface area contributed by atoms with Crippen LogP contribution >= 0.6 is 0 Å². The average Bonchev–Trinajstić information content (AvgIpc) is 2.97. The van der Waals surface area contributed by atoms with Crippen molar-refractivity contribution in [3.63, 3.8) is 0 Å². The van der Waals surface area contributed by atoms with Crippen molar-refractivity contribution in [2.24, 2.45) is 5.73 Å². The van der Waals surface area contributed by atoms with Crippen LogP contribution in [0.5, 0.6) is 5.75 Å². The molecular weight excluding hydrogens is 214 g/mol. The summed E-state index contributed by atoms with van der Waals surface area (Å²) in [6, 6.07) is 6.49. The smallest absolute Gasteiger partial charge is 0.119 e. The van der Waals surface area contributed by atoms with Crippen molar-refractivity contribution in [2.75, 3.05) is 13.2 Å². The molecule has 2 aliphatic rings. The van der Waals surface area contributed by atoms with Crippen LogP contribution in [0.4, 0.5) is 0 Å². The maximum atomic E-state index is 6.01. The van der Waals surface area contributed by atoms with Gasteiger partial charge in [-0.2, -0.15) is 0 Å². The second-order valence-electron chi connectivity index (χ2n) is 4.95. The number of ether oxygens (including phenoxy) is 2. The molecule has 3 nitrogen and oxygen atoms in total. The summed E-state index contributed by atoms with van der Waals surface area (Å²) in [7, 11) is 0. The lowest BCUT2D eigenvalue weighted by atomic mass is 10.1. The molecule has 1 saturated heterocycles. The Kier molecular flexibility index (Phi) is 3.04. The molecule has 3 heteroatoms. The molecule has 0 radical (unpaired) electrons. The van der Waals surface area contributed by atoms with Crippen LogP contribution in [0.3, 0.4) is 0 Å². The van der Waals surface area contributed by atoms with Gasteiger partial charge in [0.15, 0.2) is 0 Å². The Bertz CT molecular complexity index is 399. The highest BCUT2D eigenvalue weighted by molar-refractivity contribution is 5.40. The lowest BCUT2D eigenvalue weighted by Crippen LogP contribution is -2.16. The standard InChI is InChI=1S/C14H19NO2/c15-14-6-3-10-8-11(4-5-13(10)14)17-9-12-2-1-7-16-12/h4-5,8,12,14H,1-3,6-7,9,15H2/t12?,14-/m0/s1. The summed E-state index contributed by atoms with van der Waals surface area (Å²) in [6.45, 7) is 1.55. The maximum Gasteiger partial charge on any atom is 0.119 e. The summed E-state index contributed by atoms with van der Waals surface area (Å²) in [5, 5.41) is 0. The van der Waals surface area contributed by atoms with Gasteiger partial charge in [-0.3, -0.25) is 0 Å². The summed E-state index contributed by atoms with van der Waals surface area (Å²) in [5.41, 5.74) is 8.65. The fourth-order valence-corrected chi connectivity index (χ4v) is 2.68. The second kappa shape index (κ2) is 4.67. The molecule has 0 aromatic heterocycles. The zero-order valence-corrected chi connectivity index (χ0v) is 10.0. The van der Waals surface area contributed by atoms with Gasteiger partial charge in [0.2, 0.25) is 0 Å². The number of hydrogen-bond donors (Lipinski definition) is 1. The number of rotatable bonds is 3. The maximum absolute atomic E-state index is 6.01. The first-order chi connectivity index (χ1) is 8.33. The van der Waals surface area contributed by atoms with E-state index in [9.17, 15) is 0 Å². The van der Waals surface area contributed by atoms with E-state index in [1.165, 1.54) is 11.1 Å². The van der Waals surface area contributed by atoms with Gasteiger partial charge in [0, 0.05) is 12.6 Å². The second-order valence-corrected chi connectivity index (χ2v) is 4.95. The Hall–Kier alpha value is -1.06. The number of benzene rings is 1. The van der Waals surface area contributed by atoms with E-state index in [0.717, 1.165) is 38.0 Å². The first-order valence-electron chi connectivity index (χ1n) is 6.46. The number of fused-ring (bicyclic) bond motifs is 1. The van der Waals surface area contributed by atoms with E-state index in [1.54, 1.807) is 0 Å². The van der Waals surface area contributed by atoms with Crippen LogP contribution in [0.25, 0.3) is 0 Å². The Morgan fingerprint density at radius 2 is 2.29 bits per heavy atom. The largest absolute Gasteiger partial charge is 0.491 e. The van der Waals surface area contributed by atoms with Crippen molar-refractivity contribution in [3.05, 3.63) is 29.3 Å². The molecule has 2 atom stereocenters. The van der Waals surface area contributed by atoms with Crippen molar-refractivity contribution in [3.8, 4) is 5.75 Å². The molecule has 1 aliphatic carbocycles. The Labute approximate surface area is 102 Å². The van der Waals surface area contributed by atoms with Gasteiger partial charge >= 0.3 is 0 Å². The van der Waals surface area contributed by atoms with Gasteiger partial charge in [-0.25, -0.2) is 0 Å². The molecule has 92 valence electrons. The van der Waals surface area contributed by atoms with Gasteiger partial charge in [0.25, 0.3) is 0 Å². The highest BCUT2D eigenvalue weighted by Gasteiger charge is 2.20. The van der Waals surface area contributed by atoms with E-state index in [-0.39, 0.29) is 12.1 Å². The average molecular weight is 233 g/mol. The van der Waals surface area contributed by atoms with E-state index in [4.69, 9.17) is 15.2 Å². The van der Waals surface area contributed by atoms with E-state index < -0.39 is 0 Å². The van der Waals surface area contributed by atoms with Crippen LogP contribution in [0.1, 0.15) is 36.4 Å². The zero-order valence-electron chi connectivity index (χ0n) is 10.0. The van der Waals surface area contributed by atoms with Crippen LogP contribution < -0.4 is 10.5 Å². The molecule has 1 aromatic carbocycles. The molecule has 3 rings (SSSR count). The van der Waals surface area contributed by atoms with Crippen LogP contribution in [0, 0.1) is 0 Å². The molecule has 1 unspecified atom stereocenters. The summed E-state index contributed by atoms with van der Waals surface area (Å²) in [4.78, 5) is 0. The third-order valence-electron chi connectivity index (χ3n) is 3.70. The van der Waals surface area contributed by atoms with Crippen molar-refractivity contribution in [2.45, 2.75) is 37.8 Å². The van der Waals surface area contributed by atoms with Crippen molar-refractivity contribution >= 4 is 0 Å². The molecule has 1 heterocycles. The minimum Gasteiger partial charge on any atom is -0.491 e. The molecule has 0 amide bonds. The van der Waals surface area contributed by atoms with Crippen molar-refractivity contribution < 1.29 is 9.47 Å². The Morgan fingerprint density at radius 1 is 1.35 bits per heavy atom. The van der Waals surface area contributed by atoms with Gasteiger partial charge in [-0.05, 0) is 48.9 Å². The molecule has 17 heavy (non-hydrogen) atoms. The first kappa shape index (κ1) is 11.1. The quantitative estimate of drug-likeness (QED) is 0.870. The Balaban J connectivity index is 1.64. The molecule has 0 spiro atoms. The molecular formula is C14H19NO2. The third kappa shape index (κ3) is 2.31. The van der Waals surface area contributed by atoms with Gasteiger partial charge in [0.05, 0.1) is 6.10 Å². The lowest BCUT2D eigenvalue weighted by Gasteiger charge is -2.12. The predicted molar refractivity (Wildman–Crippen MR) is 66.2 cm³/mol. The van der Waals surface area contributed by atoms with Gasteiger partial charge in [-0.15, -0.1) is 0 Å². The fraction of sp³-hybridized carbons (Fsp3) is 0.571. The van der Waals surface area contributed by atoms with Gasteiger partial charge in [-0.1, -0.05) is 6.07 Å². The highest BCUT2D eigenvalue weighted by atomic mass is 16.5. The lowest BCUT2D eigenvalue weighted by molar-refractivity contribution is 0.0679. The minimum absolute atomic E-state index is 0.220. The number of aryl methyl sites for hydroxylation is 1. The summed E-state index contributed by atoms with van der Waals surface area (Å²) >= 11 is 0. The van der Waals surface area contributed by atoms with Gasteiger partial charge in [0.1, 0.15) is 12.4 Å². The topological polar surface area (TPSA) is 44.5 Å². The molecule has 2 N–H and O–H groups in total.